The zero-order valence-electron chi connectivity index (χ0n) is 8.45. The third kappa shape index (κ3) is 4.99. The molecule has 3 nitrogen and oxygen atoms in total. The summed E-state index contributed by atoms with van der Waals surface area (Å²) >= 11 is 1.73. The summed E-state index contributed by atoms with van der Waals surface area (Å²) in [5, 5.41) is 11.5. The third-order valence-corrected chi connectivity index (χ3v) is 2.81. The van der Waals surface area contributed by atoms with Gasteiger partial charge in [-0.05, 0) is 24.3 Å². The normalized spacial score (nSPS) is 10.3. The summed E-state index contributed by atoms with van der Waals surface area (Å²) in [6.45, 7) is 0.916. The van der Waals surface area contributed by atoms with Crippen molar-refractivity contribution < 1.29 is 9.50 Å². The number of aliphatic hydroxyl groups excluding tert-OH is 1. The van der Waals surface area contributed by atoms with Crippen LogP contribution in [-0.4, -0.2) is 34.7 Å². The minimum absolute atomic E-state index is 0.231. The molecular formula is C10H15FN2OS. The smallest absolute Gasteiger partial charge is 0.165 e. The fourth-order valence-electron chi connectivity index (χ4n) is 1.03. The van der Waals surface area contributed by atoms with Gasteiger partial charge < -0.3 is 10.4 Å². The molecule has 0 spiro atoms. The summed E-state index contributed by atoms with van der Waals surface area (Å²) in [5.74, 6) is 1.80. The quantitative estimate of drug-likeness (QED) is 0.700. The number of hydrogen-bond acceptors (Lipinski definition) is 4. The van der Waals surface area contributed by atoms with Gasteiger partial charge in [0.05, 0.1) is 0 Å². The Morgan fingerprint density at radius 1 is 1.47 bits per heavy atom. The molecule has 0 aliphatic carbocycles. The molecule has 84 valence electrons. The Kier molecular flexibility index (Phi) is 6.11. The fourth-order valence-corrected chi connectivity index (χ4v) is 1.81. The number of nitrogens with one attached hydrogen (secondary N) is 1. The van der Waals surface area contributed by atoms with Gasteiger partial charge in [0.2, 0.25) is 0 Å². The van der Waals surface area contributed by atoms with Gasteiger partial charge in [0.15, 0.2) is 11.6 Å². The molecule has 0 aliphatic heterocycles. The van der Waals surface area contributed by atoms with E-state index in [0.717, 1.165) is 17.9 Å². The number of halogens is 1. The molecule has 0 radical (unpaired) electrons. The summed E-state index contributed by atoms with van der Waals surface area (Å²) in [7, 11) is 0. The van der Waals surface area contributed by atoms with Gasteiger partial charge >= 0.3 is 0 Å². The van der Waals surface area contributed by atoms with E-state index in [1.165, 1.54) is 6.07 Å². The Labute approximate surface area is 93.1 Å². The Bertz CT molecular complexity index is 286. The molecule has 0 fully saturated rings. The minimum atomic E-state index is -0.321. The molecule has 0 aromatic carbocycles. The summed E-state index contributed by atoms with van der Waals surface area (Å²) < 4.78 is 13.1. The van der Waals surface area contributed by atoms with Crippen LogP contribution in [0.2, 0.25) is 0 Å². The van der Waals surface area contributed by atoms with Crippen LogP contribution in [0, 0.1) is 5.82 Å². The average Bonchev–Trinajstić information content (AvgIpc) is 2.25. The summed E-state index contributed by atoms with van der Waals surface area (Å²) in [6.07, 6.45) is 2.37. The maximum absolute atomic E-state index is 13.1. The van der Waals surface area contributed by atoms with E-state index >= 15 is 0 Å². The highest BCUT2D eigenvalue weighted by Gasteiger charge is 1.99. The van der Waals surface area contributed by atoms with Gasteiger partial charge in [0.1, 0.15) is 0 Å². The molecular weight excluding hydrogens is 215 g/mol. The molecule has 0 saturated carbocycles. The van der Waals surface area contributed by atoms with Crippen LogP contribution in [-0.2, 0) is 0 Å². The predicted octanol–water partition coefficient (Wildman–Crippen LogP) is 1.75. The standard InChI is InChI=1S/C10H15FN2OS/c11-9-3-1-4-12-10(9)13-5-8-15-7-2-6-14/h1,3-4,14H,2,5-8H2,(H,12,13). The van der Waals surface area contributed by atoms with Crippen LogP contribution in [0.4, 0.5) is 10.2 Å². The van der Waals surface area contributed by atoms with Crippen LogP contribution in [0.25, 0.3) is 0 Å². The molecule has 1 heterocycles. The summed E-state index contributed by atoms with van der Waals surface area (Å²) in [6, 6.07) is 2.95. The Morgan fingerprint density at radius 3 is 3.07 bits per heavy atom. The van der Waals surface area contributed by atoms with E-state index in [-0.39, 0.29) is 12.4 Å². The second-order valence-corrected chi connectivity index (χ2v) is 4.17. The van der Waals surface area contributed by atoms with E-state index in [1.54, 1.807) is 24.0 Å². The van der Waals surface area contributed by atoms with Crippen molar-refractivity contribution in [3.63, 3.8) is 0 Å². The number of pyridine rings is 1. The number of rotatable bonds is 7. The Hall–Kier alpha value is -0.810. The topological polar surface area (TPSA) is 45.1 Å². The van der Waals surface area contributed by atoms with Crippen molar-refractivity contribution in [3.05, 3.63) is 24.1 Å². The van der Waals surface area contributed by atoms with Gasteiger partial charge in [-0.1, -0.05) is 0 Å². The van der Waals surface area contributed by atoms with Crippen molar-refractivity contribution in [2.24, 2.45) is 0 Å². The first-order chi connectivity index (χ1) is 7.34. The van der Waals surface area contributed by atoms with Crippen LogP contribution >= 0.6 is 11.8 Å². The van der Waals surface area contributed by atoms with E-state index in [9.17, 15) is 4.39 Å². The first-order valence-corrected chi connectivity index (χ1v) is 6.03. The molecule has 0 aliphatic rings. The highest BCUT2D eigenvalue weighted by molar-refractivity contribution is 7.99. The molecule has 1 aromatic rings. The average molecular weight is 230 g/mol. The molecule has 1 rings (SSSR count). The second kappa shape index (κ2) is 7.48. The van der Waals surface area contributed by atoms with Crippen LogP contribution < -0.4 is 5.32 Å². The van der Waals surface area contributed by atoms with E-state index in [1.807, 2.05) is 0 Å². The fraction of sp³-hybridized carbons (Fsp3) is 0.500. The molecule has 5 heteroatoms. The zero-order valence-corrected chi connectivity index (χ0v) is 9.26. The third-order valence-electron chi connectivity index (χ3n) is 1.74. The molecule has 15 heavy (non-hydrogen) atoms. The van der Waals surface area contributed by atoms with Crippen molar-refractivity contribution in [2.45, 2.75) is 6.42 Å². The second-order valence-electron chi connectivity index (χ2n) is 2.95. The van der Waals surface area contributed by atoms with Gasteiger partial charge in [0.25, 0.3) is 0 Å². The lowest BCUT2D eigenvalue weighted by Gasteiger charge is -2.05. The van der Waals surface area contributed by atoms with Gasteiger partial charge in [-0.2, -0.15) is 11.8 Å². The van der Waals surface area contributed by atoms with Gasteiger partial charge in [-0.3, -0.25) is 0 Å². The van der Waals surface area contributed by atoms with Crippen LogP contribution in [0.1, 0.15) is 6.42 Å². The molecule has 0 saturated heterocycles. The largest absolute Gasteiger partial charge is 0.396 e. The first-order valence-electron chi connectivity index (χ1n) is 4.87. The number of thioether (sulfide) groups is 1. The maximum Gasteiger partial charge on any atom is 0.165 e. The van der Waals surface area contributed by atoms with Crippen molar-refractivity contribution in [1.82, 2.24) is 4.98 Å². The van der Waals surface area contributed by atoms with Gasteiger partial charge in [-0.25, -0.2) is 9.37 Å². The zero-order chi connectivity index (χ0) is 10.9. The predicted molar refractivity (Wildman–Crippen MR) is 61.7 cm³/mol. The lowest BCUT2D eigenvalue weighted by atomic mass is 10.4. The van der Waals surface area contributed by atoms with Crippen LogP contribution in [0.15, 0.2) is 18.3 Å². The molecule has 0 amide bonds. The van der Waals surface area contributed by atoms with E-state index < -0.39 is 0 Å². The Morgan fingerprint density at radius 2 is 2.33 bits per heavy atom. The maximum atomic E-state index is 13.1. The van der Waals surface area contributed by atoms with E-state index in [2.05, 4.69) is 10.3 Å². The number of aromatic nitrogens is 1. The number of aliphatic hydroxyl groups is 1. The van der Waals surface area contributed by atoms with Crippen LogP contribution in [0.5, 0.6) is 0 Å². The SMILES string of the molecule is OCCCSCCNc1ncccc1F. The highest BCUT2D eigenvalue weighted by atomic mass is 32.2. The molecule has 2 N–H and O–H groups in total. The highest BCUT2D eigenvalue weighted by Crippen LogP contribution is 2.08. The summed E-state index contributed by atoms with van der Waals surface area (Å²) in [4.78, 5) is 3.88. The van der Waals surface area contributed by atoms with Crippen LogP contribution in [0.3, 0.4) is 0 Å². The lowest BCUT2D eigenvalue weighted by Crippen LogP contribution is -2.07. The van der Waals surface area contributed by atoms with Crippen molar-refractivity contribution in [3.8, 4) is 0 Å². The number of anilines is 1. The molecule has 0 unspecified atom stereocenters. The summed E-state index contributed by atoms with van der Waals surface area (Å²) in [5.41, 5.74) is 0. The van der Waals surface area contributed by atoms with Gasteiger partial charge in [0, 0.05) is 25.1 Å². The van der Waals surface area contributed by atoms with Gasteiger partial charge in [-0.15, -0.1) is 0 Å². The van der Waals surface area contributed by atoms with E-state index in [4.69, 9.17) is 5.11 Å². The minimum Gasteiger partial charge on any atom is -0.396 e. The van der Waals surface area contributed by atoms with Crippen molar-refractivity contribution in [1.29, 1.82) is 0 Å². The monoisotopic (exact) mass is 230 g/mol. The molecule has 0 bridgehead atoms. The first kappa shape index (κ1) is 12.3. The number of nitrogens with zero attached hydrogens (tertiary/aromatic N) is 1. The lowest BCUT2D eigenvalue weighted by molar-refractivity contribution is 0.296. The molecule has 1 aromatic heterocycles. The molecule has 0 atom stereocenters. The Balaban J connectivity index is 2.12. The van der Waals surface area contributed by atoms with Crippen molar-refractivity contribution >= 4 is 17.6 Å². The van der Waals surface area contributed by atoms with Crippen molar-refractivity contribution in [2.75, 3.05) is 30.0 Å². The van der Waals surface area contributed by atoms with E-state index in [0.29, 0.717) is 12.4 Å². The number of hydrogen-bond donors (Lipinski definition) is 2.